The summed E-state index contributed by atoms with van der Waals surface area (Å²) in [5.74, 6) is 0.280. The van der Waals surface area contributed by atoms with E-state index < -0.39 is 14.9 Å². The molecule has 0 spiro atoms. The van der Waals surface area contributed by atoms with E-state index in [1.54, 1.807) is 6.21 Å². The van der Waals surface area contributed by atoms with E-state index in [-0.39, 0.29) is 35.3 Å². The number of anilines is 1. The van der Waals surface area contributed by atoms with E-state index >= 15 is 0 Å². The van der Waals surface area contributed by atoms with Gasteiger partial charge < -0.3 is 4.74 Å². The fourth-order valence-corrected chi connectivity index (χ4v) is 3.99. The summed E-state index contributed by atoms with van der Waals surface area (Å²) < 4.78 is 31.7. The zero-order valence-electron chi connectivity index (χ0n) is 14.9. The van der Waals surface area contributed by atoms with Crippen molar-refractivity contribution in [1.82, 2.24) is 4.31 Å². The van der Waals surface area contributed by atoms with Gasteiger partial charge in [-0.15, -0.1) is 0 Å². The Morgan fingerprint density at radius 3 is 2.58 bits per heavy atom. The molecule has 0 atom stereocenters. The molecule has 0 radical (unpaired) electrons. The van der Waals surface area contributed by atoms with Crippen molar-refractivity contribution in [3.63, 3.8) is 0 Å². The Morgan fingerprint density at radius 1 is 1.35 bits per heavy atom. The van der Waals surface area contributed by atoms with Crippen molar-refractivity contribution in [3.8, 4) is 0 Å². The average Bonchev–Trinajstić information content (AvgIpc) is 2.65. The molecule has 1 aromatic rings. The first-order valence-corrected chi connectivity index (χ1v) is 9.99. The fraction of sp³-hybridized carbons (Fsp3) is 0.562. The molecule has 9 nitrogen and oxygen atoms in total. The Labute approximate surface area is 153 Å². The lowest BCUT2D eigenvalue weighted by molar-refractivity contribution is -0.384. The third-order valence-corrected chi connectivity index (χ3v) is 6.19. The van der Waals surface area contributed by atoms with Crippen molar-refractivity contribution >= 4 is 27.6 Å². The highest BCUT2D eigenvalue weighted by molar-refractivity contribution is 7.89. The van der Waals surface area contributed by atoms with Gasteiger partial charge in [0, 0.05) is 25.4 Å². The van der Waals surface area contributed by atoms with Gasteiger partial charge in [0.05, 0.1) is 23.0 Å². The van der Waals surface area contributed by atoms with Crippen LogP contribution in [0.15, 0.2) is 28.2 Å². The van der Waals surface area contributed by atoms with Crippen LogP contribution in [0.25, 0.3) is 0 Å². The number of hydrazone groups is 1. The smallest absolute Gasteiger partial charge is 0.295 e. The number of nitrogens with zero attached hydrogens (tertiary/aromatic N) is 3. The van der Waals surface area contributed by atoms with Gasteiger partial charge in [-0.3, -0.25) is 15.5 Å². The number of rotatable bonds is 8. The maximum absolute atomic E-state index is 12.7. The molecule has 0 unspecified atom stereocenters. The van der Waals surface area contributed by atoms with Gasteiger partial charge in [-0.1, -0.05) is 13.8 Å². The molecule has 1 aliphatic rings. The van der Waals surface area contributed by atoms with Crippen LogP contribution in [-0.2, 0) is 14.8 Å². The van der Waals surface area contributed by atoms with Gasteiger partial charge in [-0.05, 0) is 30.9 Å². The molecule has 1 fully saturated rings. The highest BCUT2D eigenvalue weighted by Crippen LogP contribution is 2.29. The predicted octanol–water partition coefficient (Wildman–Crippen LogP) is 2.45. The highest BCUT2D eigenvalue weighted by Gasteiger charge is 2.28. The van der Waals surface area contributed by atoms with Crippen LogP contribution in [0.2, 0.25) is 0 Å². The second-order valence-corrected chi connectivity index (χ2v) is 7.86. The minimum absolute atomic E-state index is 0.111. The van der Waals surface area contributed by atoms with Crippen LogP contribution in [0.3, 0.4) is 0 Å². The Bertz CT molecular complexity index is 756. The van der Waals surface area contributed by atoms with Gasteiger partial charge in [0.15, 0.2) is 0 Å². The minimum Gasteiger partial charge on any atom is -0.379 e. The van der Waals surface area contributed by atoms with Crippen LogP contribution in [0, 0.1) is 16.0 Å². The SMILES string of the molecule is CCC(/C=N/Nc1ccc(S(=O)(=O)N2CCOCC2)cc1[N+](=O)[O-])CC. The summed E-state index contributed by atoms with van der Waals surface area (Å²) >= 11 is 0. The molecule has 1 heterocycles. The van der Waals surface area contributed by atoms with E-state index in [2.05, 4.69) is 10.5 Å². The van der Waals surface area contributed by atoms with Crippen molar-refractivity contribution in [2.24, 2.45) is 11.0 Å². The molecular weight excluding hydrogens is 360 g/mol. The van der Waals surface area contributed by atoms with Crippen LogP contribution >= 0.6 is 0 Å². The van der Waals surface area contributed by atoms with Crippen molar-refractivity contribution in [2.45, 2.75) is 31.6 Å². The molecule has 1 N–H and O–H groups in total. The Hall–Kier alpha value is -2.04. The van der Waals surface area contributed by atoms with Crippen LogP contribution in [0.1, 0.15) is 26.7 Å². The maximum atomic E-state index is 12.7. The highest BCUT2D eigenvalue weighted by atomic mass is 32.2. The Kier molecular flexibility index (Phi) is 7.06. The second-order valence-electron chi connectivity index (χ2n) is 5.92. The van der Waals surface area contributed by atoms with E-state index in [9.17, 15) is 18.5 Å². The summed E-state index contributed by atoms with van der Waals surface area (Å²) in [7, 11) is -3.79. The van der Waals surface area contributed by atoms with E-state index in [0.29, 0.717) is 13.2 Å². The number of ether oxygens (including phenoxy) is 1. The number of nitro groups is 1. The first kappa shape index (κ1) is 20.3. The molecule has 0 aliphatic carbocycles. The average molecular weight is 384 g/mol. The van der Waals surface area contributed by atoms with E-state index in [4.69, 9.17) is 4.74 Å². The van der Waals surface area contributed by atoms with E-state index in [1.165, 1.54) is 16.4 Å². The standard InChI is InChI=1S/C16H24N4O5S/c1-3-13(4-2)12-17-18-15-6-5-14(11-16(15)20(21)22)26(23,24)19-7-9-25-10-8-19/h5-6,11-13,18H,3-4,7-10H2,1-2H3/b17-12+. The van der Waals surface area contributed by atoms with Gasteiger partial charge in [-0.2, -0.15) is 9.41 Å². The first-order valence-electron chi connectivity index (χ1n) is 8.55. The molecule has 144 valence electrons. The van der Waals surface area contributed by atoms with Gasteiger partial charge in [0.2, 0.25) is 10.0 Å². The molecule has 0 amide bonds. The molecule has 0 aromatic heterocycles. The summed E-state index contributed by atoms with van der Waals surface area (Å²) in [5.41, 5.74) is 2.47. The van der Waals surface area contributed by atoms with E-state index in [0.717, 1.165) is 18.9 Å². The zero-order valence-corrected chi connectivity index (χ0v) is 15.7. The molecule has 1 saturated heterocycles. The van der Waals surface area contributed by atoms with Gasteiger partial charge in [0.1, 0.15) is 5.69 Å². The lowest BCUT2D eigenvalue weighted by Crippen LogP contribution is -2.40. The monoisotopic (exact) mass is 384 g/mol. The summed E-state index contributed by atoms with van der Waals surface area (Å²) in [6, 6.07) is 3.79. The van der Waals surface area contributed by atoms with Gasteiger partial charge >= 0.3 is 0 Å². The third kappa shape index (κ3) is 4.77. The second kappa shape index (κ2) is 9.06. The molecular formula is C16H24N4O5S. The van der Waals surface area contributed by atoms with Crippen molar-refractivity contribution < 1.29 is 18.1 Å². The predicted molar refractivity (Wildman–Crippen MR) is 98.9 cm³/mol. The maximum Gasteiger partial charge on any atom is 0.295 e. The summed E-state index contributed by atoms with van der Waals surface area (Å²) in [6.45, 7) is 5.16. The van der Waals surface area contributed by atoms with Crippen LogP contribution in [0.5, 0.6) is 0 Å². The number of nitro benzene ring substituents is 1. The largest absolute Gasteiger partial charge is 0.379 e. The first-order chi connectivity index (χ1) is 12.4. The topological polar surface area (TPSA) is 114 Å². The fourth-order valence-electron chi connectivity index (χ4n) is 2.57. The van der Waals surface area contributed by atoms with Crippen LogP contribution in [0.4, 0.5) is 11.4 Å². The number of morpholine rings is 1. The van der Waals surface area contributed by atoms with E-state index in [1.807, 2.05) is 13.8 Å². The lowest BCUT2D eigenvalue weighted by Gasteiger charge is -2.26. The zero-order chi connectivity index (χ0) is 19.2. The molecule has 1 aromatic carbocycles. The van der Waals surface area contributed by atoms with Crippen molar-refractivity contribution in [3.05, 3.63) is 28.3 Å². The minimum atomic E-state index is -3.79. The number of hydrogen-bond acceptors (Lipinski definition) is 7. The molecule has 0 saturated carbocycles. The molecule has 26 heavy (non-hydrogen) atoms. The normalized spacial score (nSPS) is 16.3. The number of hydrogen-bond donors (Lipinski definition) is 1. The number of sulfonamides is 1. The molecule has 2 rings (SSSR count). The third-order valence-electron chi connectivity index (χ3n) is 4.29. The Balaban J connectivity index is 2.26. The number of benzene rings is 1. The molecule has 1 aliphatic heterocycles. The van der Waals surface area contributed by atoms with Crippen LogP contribution in [-0.4, -0.2) is 50.2 Å². The van der Waals surface area contributed by atoms with Gasteiger partial charge in [-0.25, -0.2) is 8.42 Å². The van der Waals surface area contributed by atoms with Crippen LogP contribution < -0.4 is 5.43 Å². The lowest BCUT2D eigenvalue weighted by atomic mass is 10.1. The number of nitrogens with one attached hydrogen (secondary N) is 1. The summed E-state index contributed by atoms with van der Waals surface area (Å²) in [5, 5.41) is 15.4. The Morgan fingerprint density at radius 2 is 2.00 bits per heavy atom. The molecule has 0 bridgehead atoms. The molecule has 10 heteroatoms. The summed E-state index contributed by atoms with van der Waals surface area (Å²) in [6.07, 6.45) is 3.54. The van der Waals surface area contributed by atoms with Crippen molar-refractivity contribution in [1.29, 1.82) is 0 Å². The summed E-state index contributed by atoms with van der Waals surface area (Å²) in [4.78, 5) is 10.6. The van der Waals surface area contributed by atoms with Crippen molar-refractivity contribution in [2.75, 3.05) is 31.7 Å². The van der Waals surface area contributed by atoms with Gasteiger partial charge in [0.25, 0.3) is 5.69 Å². The quantitative estimate of drug-likeness (QED) is 0.418.